The van der Waals surface area contributed by atoms with E-state index in [1.54, 1.807) is 6.92 Å². The summed E-state index contributed by atoms with van der Waals surface area (Å²) in [7, 11) is 0. The Morgan fingerprint density at radius 1 is 1.31 bits per heavy atom. The largest absolute Gasteiger partial charge is 0.481 e. The summed E-state index contributed by atoms with van der Waals surface area (Å²) >= 11 is 0. The number of carbonyl (C=O) groups excluding carboxylic acids is 1. The van der Waals surface area contributed by atoms with Crippen molar-refractivity contribution in [2.24, 2.45) is 0 Å². The Morgan fingerprint density at radius 2 is 2.00 bits per heavy atom. The highest BCUT2D eigenvalue weighted by atomic mass is 35.5. The molecule has 2 N–H and O–H groups in total. The number of nitrogens with zero attached hydrogens (tertiary/aromatic N) is 1. The average molecular weight is 384 g/mol. The van der Waals surface area contributed by atoms with Crippen molar-refractivity contribution in [1.29, 1.82) is 0 Å². The van der Waals surface area contributed by atoms with E-state index in [-0.39, 0.29) is 23.7 Å². The fourth-order valence-corrected chi connectivity index (χ4v) is 2.89. The Morgan fingerprint density at radius 3 is 2.65 bits per heavy atom. The van der Waals surface area contributed by atoms with Crippen molar-refractivity contribution in [3.63, 3.8) is 0 Å². The summed E-state index contributed by atoms with van der Waals surface area (Å²) < 4.78 is 5.83. The van der Waals surface area contributed by atoms with Crippen LogP contribution in [-0.4, -0.2) is 56.2 Å². The topological polar surface area (TPSA) is 53.6 Å². The molecule has 0 aliphatic carbocycles. The van der Waals surface area contributed by atoms with E-state index in [0.717, 1.165) is 44.9 Å². The summed E-state index contributed by atoms with van der Waals surface area (Å²) in [4.78, 5) is 14.7. The molecule has 1 saturated heterocycles. The number of piperazine rings is 1. The zero-order valence-corrected chi connectivity index (χ0v) is 17.3. The number of hydrogen-bond acceptors (Lipinski definition) is 4. The van der Waals surface area contributed by atoms with E-state index in [1.165, 1.54) is 5.56 Å². The van der Waals surface area contributed by atoms with E-state index >= 15 is 0 Å². The highest BCUT2D eigenvalue weighted by Gasteiger charge is 2.17. The first-order chi connectivity index (χ1) is 11.9. The number of benzene rings is 1. The van der Waals surface area contributed by atoms with Crippen molar-refractivity contribution in [1.82, 2.24) is 15.5 Å². The van der Waals surface area contributed by atoms with Gasteiger partial charge in [0.2, 0.25) is 0 Å². The lowest BCUT2D eigenvalue weighted by Crippen LogP contribution is -2.44. The fraction of sp³-hybridized carbons (Fsp3) is 0.650. The van der Waals surface area contributed by atoms with Crippen LogP contribution in [0.5, 0.6) is 5.75 Å². The predicted octanol–water partition coefficient (Wildman–Crippen LogP) is 2.58. The Labute approximate surface area is 164 Å². The van der Waals surface area contributed by atoms with Gasteiger partial charge >= 0.3 is 0 Å². The van der Waals surface area contributed by atoms with Crippen LogP contribution in [0.1, 0.15) is 39.7 Å². The van der Waals surface area contributed by atoms with E-state index in [9.17, 15) is 4.79 Å². The molecular formula is C20H34ClN3O2. The molecule has 2 rings (SSSR count). The Bertz CT molecular complexity index is 554. The molecular weight excluding hydrogens is 350 g/mol. The maximum Gasteiger partial charge on any atom is 0.260 e. The van der Waals surface area contributed by atoms with Gasteiger partial charge in [0.05, 0.1) is 0 Å². The Kier molecular flexibility index (Phi) is 9.41. The van der Waals surface area contributed by atoms with Gasteiger partial charge in [-0.3, -0.25) is 4.79 Å². The standard InChI is InChI=1S/C20H33N3O2.ClH/c1-16(25-18-8-5-7-17(15-18)20(2,3)4)19(24)22-9-6-12-23-13-10-21-11-14-23;/h5,7-8,15-16,21H,6,9-14H2,1-4H3,(H,22,24);1H. The minimum absolute atomic E-state index is 0. The van der Waals surface area contributed by atoms with Crippen molar-refractivity contribution >= 4 is 18.3 Å². The van der Waals surface area contributed by atoms with Gasteiger partial charge in [-0.15, -0.1) is 12.4 Å². The summed E-state index contributed by atoms with van der Waals surface area (Å²) in [5, 5.41) is 6.33. The molecule has 1 aromatic carbocycles. The number of ether oxygens (including phenoxy) is 1. The third-order valence-electron chi connectivity index (χ3n) is 4.54. The quantitative estimate of drug-likeness (QED) is 0.710. The van der Waals surface area contributed by atoms with Crippen LogP contribution in [0, 0.1) is 0 Å². The Balaban J connectivity index is 0.00000338. The normalized spacial score (nSPS) is 16.5. The van der Waals surface area contributed by atoms with Crippen molar-refractivity contribution in [2.45, 2.75) is 45.6 Å². The third kappa shape index (κ3) is 7.52. The van der Waals surface area contributed by atoms with Gasteiger partial charge in [0.25, 0.3) is 5.91 Å². The van der Waals surface area contributed by atoms with Crippen LogP contribution in [-0.2, 0) is 10.2 Å². The lowest BCUT2D eigenvalue weighted by molar-refractivity contribution is -0.127. The molecule has 1 aromatic rings. The molecule has 1 aliphatic rings. The van der Waals surface area contributed by atoms with Gasteiger partial charge < -0.3 is 20.3 Å². The maximum absolute atomic E-state index is 12.2. The molecule has 6 heteroatoms. The maximum atomic E-state index is 12.2. The zero-order valence-electron chi connectivity index (χ0n) is 16.5. The monoisotopic (exact) mass is 383 g/mol. The highest BCUT2D eigenvalue weighted by molar-refractivity contribution is 5.85. The molecule has 0 saturated carbocycles. The van der Waals surface area contributed by atoms with Gasteiger partial charge in [0, 0.05) is 32.7 Å². The molecule has 26 heavy (non-hydrogen) atoms. The minimum atomic E-state index is -0.491. The molecule has 0 aromatic heterocycles. The van der Waals surface area contributed by atoms with Crippen LogP contribution in [0.4, 0.5) is 0 Å². The van der Waals surface area contributed by atoms with Crippen LogP contribution in [0.3, 0.4) is 0 Å². The van der Waals surface area contributed by atoms with E-state index in [2.05, 4.69) is 42.4 Å². The second-order valence-corrected chi connectivity index (χ2v) is 7.77. The van der Waals surface area contributed by atoms with E-state index in [0.29, 0.717) is 6.54 Å². The first-order valence-corrected chi connectivity index (χ1v) is 9.34. The van der Waals surface area contributed by atoms with Crippen LogP contribution in [0.2, 0.25) is 0 Å². The third-order valence-corrected chi connectivity index (χ3v) is 4.54. The second-order valence-electron chi connectivity index (χ2n) is 7.77. The van der Waals surface area contributed by atoms with E-state index in [1.807, 2.05) is 18.2 Å². The summed E-state index contributed by atoms with van der Waals surface area (Å²) in [6, 6.07) is 8.00. The van der Waals surface area contributed by atoms with Gasteiger partial charge in [-0.05, 0) is 43.0 Å². The SMILES string of the molecule is CC(Oc1cccc(C(C)(C)C)c1)C(=O)NCCCN1CCNCC1.Cl. The number of rotatable bonds is 7. The molecule has 148 valence electrons. The fourth-order valence-electron chi connectivity index (χ4n) is 2.89. The predicted molar refractivity (Wildman–Crippen MR) is 109 cm³/mol. The molecule has 1 atom stereocenters. The number of carbonyl (C=O) groups is 1. The molecule has 1 unspecified atom stereocenters. The minimum Gasteiger partial charge on any atom is -0.481 e. The van der Waals surface area contributed by atoms with Crippen molar-refractivity contribution < 1.29 is 9.53 Å². The van der Waals surface area contributed by atoms with Crippen LogP contribution in [0.15, 0.2) is 24.3 Å². The summed E-state index contributed by atoms with van der Waals surface area (Å²) in [5.41, 5.74) is 1.27. The first-order valence-electron chi connectivity index (χ1n) is 9.34. The van der Waals surface area contributed by atoms with Crippen LogP contribution >= 0.6 is 12.4 Å². The first kappa shape index (κ1) is 22.7. The Hall–Kier alpha value is -1.30. The zero-order chi connectivity index (χ0) is 18.3. The molecule has 1 fully saturated rings. The molecule has 0 bridgehead atoms. The molecule has 1 amide bonds. The lowest BCUT2D eigenvalue weighted by atomic mass is 9.87. The van der Waals surface area contributed by atoms with Crippen molar-refractivity contribution in [3.8, 4) is 5.75 Å². The summed E-state index contributed by atoms with van der Waals surface area (Å²) in [5.74, 6) is 0.692. The van der Waals surface area contributed by atoms with Crippen molar-refractivity contribution in [2.75, 3.05) is 39.3 Å². The molecule has 0 spiro atoms. The van der Waals surface area contributed by atoms with Crippen molar-refractivity contribution in [3.05, 3.63) is 29.8 Å². The van der Waals surface area contributed by atoms with Crippen LogP contribution in [0.25, 0.3) is 0 Å². The number of amides is 1. The van der Waals surface area contributed by atoms with E-state index in [4.69, 9.17) is 4.74 Å². The van der Waals surface area contributed by atoms with Gasteiger partial charge in [-0.1, -0.05) is 32.9 Å². The van der Waals surface area contributed by atoms with Crippen LogP contribution < -0.4 is 15.4 Å². The molecule has 1 heterocycles. The molecule has 0 radical (unpaired) electrons. The lowest BCUT2D eigenvalue weighted by Gasteiger charge is -2.27. The number of halogens is 1. The molecule has 1 aliphatic heterocycles. The summed E-state index contributed by atoms with van der Waals surface area (Å²) in [6.45, 7) is 14.3. The smallest absolute Gasteiger partial charge is 0.260 e. The van der Waals surface area contributed by atoms with Gasteiger partial charge in [0.1, 0.15) is 5.75 Å². The number of nitrogens with one attached hydrogen (secondary N) is 2. The second kappa shape index (κ2) is 10.8. The van der Waals surface area contributed by atoms with E-state index < -0.39 is 6.10 Å². The average Bonchev–Trinajstić information content (AvgIpc) is 2.59. The number of hydrogen-bond donors (Lipinski definition) is 2. The van der Waals surface area contributed by atoms with Gasteiger partial charge in [-0.2, -0.15) is 0 Å². The highest BCUT2D eigenvalue weighted by Crippen LogP contribution is 2.26. The summed E-state index contributed by atoms with van der Waals surface area (Å²) in [6.07, 6.45) is 0.479. The van der Waals surface area contributed by atoms with Gasteiger partial charge in [0.15, 0.2) is 6.10 Å². The van der Waals surface area contributed by atoms with Gasteiger partial charge in [-0.25, -0.2) is 0 Å². The molecule has 5 nitrogen and oxygen atoms in total.